The summed E-state index contributed by atoms with van der Waals surface area (Å²) < 4.78 is 29.7. The normalized spacial score (nSPS) is 13.6. The molecule has 0 saturated carbocycles. The van der Waals surface area contributed by atoms with Crippen LogP contribution in [0.1, 0.15) is 30.5 Å². The van der Waals surface area contributed by atoms with Gasteiger partial charge in [-0.15, -0.1) is 0 Å². The van der Waals surface area contributed by atoms with Gasteiger partial charge >= 0.3 is 0 Å². The number of nitrogen functional groups attached to an aromatic ring is 1. The predicted molar refractivity (Wildman–Crippen MR) is 176 cm³/mol. The summed E-state index contributed by atoms with van der Waals surface area (Å²) in [5, 5.41) is 12.1. The van der Waals surface area contributed by atoms with Crippen LogP contribution in [0.2, 0.25) is 0 Å². The third kappa shape index (κ3) is 7.92. The van der Waals surface area contributed by atoms with Crippen molar-refractivity contribution in [1.29, 1.82) is 0 Å². The van der Waals surface area contributed by atoms with Crippen molar-refractivity contribution in [2.24, 2.45) is 5.92 Å². The molecule has 1 aromatic heterocycles. The fourth-order valence-corrected chi connectivity index (χ4v) is 7.27. The number of anilines is 1. The fraction of sp³-hybridized carbons (Fsp3) is 0.286. The highest BCUT2D eigenvalue weighted by Crippen LogP contribution is 2.25. The molecule has 5 rings (SSSR count). The Morgan fingerprint density at radius 3 is 1.89 bits per heavy atom. The average molecular weight is 612 g/mol. The van der Waals surface area contributed by atoms with Crippen molar-refractivity contribution < 1.29 is 13.5 Å². The van der Waals surface area contributed by atoms with Gasteiger partial charge in [0.15, 0.2) is 5.95 Å². The summed E-state index contributed by atoms with van der Waals surface area (Å²) in [7, 11) is -3.96. The summed E-state index contributed by atoms with van der Waals surface area (Å²) in [5.74, 6) is 0.269. The van der Waals surface area contributed by atoms with Crippen molar-refractivity contribution >= 4 is 27.0 Å². The first kappa shape index (κ1) is 31.4. The van der Waals surface area contributed by atoms with Crippen molar-refractivity contribution in [3.63, 3.8) is 0 Å². The Hall–Kier alpha value is -4.02. The van der Waals surface area contributed by atoms with Crippen molar-refractivity contribution in [3.05, 3.63) is 126 Å². The number of nitrogens with one attached hydrogen (secondary N) is 1. The topological polar surface area (TPSA) is 116 Å². The number of nitrogens with zero attached hydrogens (tertiary/aromatic N) is 3. The maximum Gasteiger partial charge on any atom is 0.243 e. The minimum absolute atomic E-state index is 0.0424. The molecule has 0 aliphatic heterocycles. The van der Waals surface area contributed by atoms with Crippen LogP contribution in [0.25, 0.3) is 11.0 Å². The Morgan fingerprint density at radius 1 is 0.795 bits per heavy atom. The number of H-pyrrole nitrogens is 1. The lowest BCUT2D eigenvalue weighted by atomic mass is 9.97. The number of hydrogen-bond donors (Lipinski definition) is 3. The van der Waals surface area contributed by atoms with Crippen LogP contribution in [-0.2, 0) is 29.5 Å². The van der Waals surface area contributed by atoms with Crippen molar-refractivity contribution in [1.82, 2.24) is 19.2 Å². The molecule has 1 heterocycles. The number of rotatable bonds is 14. The molecule has 0 spiro atoms. The predicted octanol–water partition coefficient (Wildman–Crippen LogP) is 5.47. The fourth-order valence-electron chi connectivity index (χ4n) is 5.62. The van der Waals surface area contributed by atoms with E-state index in [1.54, 1.807) is 18.2 Å². The van der Waals surface area contributed by atoms with E-state index in [0.29, 0.717) is 30.5 Å². The van der Waals surface area contributed by atoms with E-state index < -0.39 is 16.1 Å². The minimum atomic E-state index is -3.96. The lowest BCUT2D eigenvalue weighted by molar-refractivity contribution is 0.0273. The van der Waals surface area contributed by atoms with Gasteiger partial charge in [0.25, 0.3) is 0 Å². The van der Waals surface area contributed by atoms with Crippen LogP contribution in [-0.4, -0.2) is 57.9 Å². The average Bonchev–Trinajstić information content (AvgIpc) is 3.40. The largest absolute Gasteiger partial charge is 0.390 e. The Labute approximate surface area is 260 Å². The summed E-state index contributed by atoms with van der Waals surface area (Å²) in [6, 6.07) is 34.8. The van der Waals surface area contributed by atoms with Gasteiger partial charge in [-0.25, -0.2) is 13.4 Å². The molecule has 0 amide bonds. The molecule has 0 unspecified atom stereocenters. The highest BCUT2D eigenvalue weighted by Gasteiger charge is 2.33. The molecule has 0 saturated heterocycles. The van der Waals surface area contributed by atoms with Gasteiger partial charge in [0, 0.05) is 32.2 Å². The first-order valence-corrected chi connectivity index (χ1v) is 16.4. The molecule has 0 aliphatic carbocycles. The molecule has 0 radical (unpaired) electrons. The van der Waals surface area contributed by atoms with Crippen LogP contribution >= 0.6 is 0 Å². The van der Waals surface area contributed by atoms with Crippen molar-refractivity contribution in [2.45, 2.75) is 50.4 Å². The van der Waals surface area contributed by atoms with E-state index in [9.17, 15) is 13.5 Å². The van der Waals surface area contributed by atoms with Gasteiger partial charge in [-0.1, -0.05) is 105 Å². The van der Waals surface area contributed by atoms with Gasteiger partial charge in [-0.3, -0.25) is 4.90 Å². The number of aliphatic hydroxyl groups is 1. The number of fused-ring (bicyclic) bond motifs is 1. The maximum absolute atomic E-state index is 14.1. The number of hydrogen-bond acceptors (Lipinski definition) is 6. The summed E-state index contributed by atoms with van der Waals surface area (Å²) in [5.41, 5.74) is 10.3. The van der Waals surface area contributed by atoms with Crippen molar-refractivity contribution in [3.8, 4) is 0 Å². The van der Waals surface area contributed by atoms with Crippen LogP contribution in [0.5, 0.6) is 0 Å². The Kier molecular flexibility index (Phi) is 10.1. The smallest absolute Gasteiger partial charge is 0.243 e. The van der Waals surface area contributed by atoms with Gasteiger partial charge in [-0.2, -0.15) is 4.31 Å². The number of benzene rings is 4. The maximum atomic E-state index is 14.1. The van der Waals surface area contributed by atoms with E-state index in [2.05, 4.69) is 51.3 Å². The number of nitrogens with two attached hydrogens (primary N) is 1. The molecular formula is C35H41N5O3S. The molecule has 9 heteroatoms. The van der Waals surface area contributed by atoms with Gasteiger partial charge < -0.3 is 15.8 Å². The molecule has 230 valence electrons. The summed E-state index contributed by atoms with van der Waals surface area (Å²) in [6.07, 6.45) is -0.431. The zero-order valence-corrected chi connectivity index (χ0v) is 26.1. The number of aromatic nitrogens is 2. The summed E-state index contributed by atoms with van der Waals surface area (Å²) in [4.78, 5) is 9.52. The van der Waals surface area contributed by atoms with Crippen LogP contribution in [0.4, 0.5) is 5.95 Å². The third-order valence-electron chi connectivity index (χ3n) is 7.73. The van der Waals surface area contributed by atoms with Gasteiger partial charge in [0.05, 0.1) is 22.0 Å². The number of sulfonamides is 1. The minimum Gasteiger partial charge on any atom is -0.390 e. The molecule has 0 bridgehead atoms. The summed E-state index contributed by atoms with van der Waals surface area (Å²) in [6.45, 7) is 5.36. The standard InChI is InChI=1S/C35H41N5O3S/c1-26(2)22-40(44(42,43)30-18-19-31-32(21-30)38-35(36)37-31)25-34(41)33(20-27-12-6-3-7-13-27)39(23-28-14-8-4-9-15-28)24-29-16-10-5-11-17-29/h3-19,21,26,33-34,41H,20,22-25H2,1-2H3,(H3,36,37,38)/t33-,34+/m0/s1. The van der Waals surface area contributed by atoms with E-state index in [1.165, 1.54) is 4.31 Å². The second kappa shape index (κ2) is 14.2. The molecule has 0 fully saturated rings. The van der Waals surface area contributed by atoms with E-state index in [0.717, 1.165) is 16.7 Å². The first-order chi connectivity index (χ1) is 21.2. The lowest BCUT2D eigenvalue weighted by Gasteiger charge is -2.37. The van der Waals surface area contributed by atoms with Crippen LogP contribution in [0.3, 0.4) is 0 Å². The SMILES string of the molecule is CC(C)CN(C[C@@H](O)[C@H](Cc1ccccc1)N(Cc1ccccc1)Cc1ccccc1)S(=O)(=O)c1ccc2nc(N)[nH]c2c1. The zero-order valence-electron chi connectivity index (χ0n) is 25.3. The lowest BCUT2D eigenvalue weighted by Crippen LogP contribution is -2.50. The highest BCUT2D eigenvalue weighted by molar-refractivity contribution is 7.89. The number of imidazole rings is 1. The molecule has 0 aliphatic rings. The molecule has 44 heavy (non-hydrogen) atoms. The number of aromatic amines is 1. The third-order valence-corrected chi connectivity index (χ3v) is 9.55. The van der Waals surface area contributed by atoms with Gasteiger partial charge in [0.1, 0.15) is 0 Å². The van der Waals surface area contributed by atoms with Crippen molar-refractivity contribution in [2.75, 3.05) is 18.8 Å². The van der Waals surface area contributed by atoms with Crippen LogP contribution in [0.15, 0.2) is 114 Å². The Bertz CT molecular complexity index is 1690. The quantitative estimate of drug-likeness (QED) is 0.154. The number of aliphatic hydroxyl groups excluding tert-OH is 1. The molecule has 5 aromatic rings. The highest BCUT2D eigenvalue weighted by atomic mass is 32.2. The molecular weight excluding hydrogens is 570 g/mol. The van der Waals surface area contributed by atoms with Crippen LogP contribution in [0, 0.1) is 5.92 Å². The van der Waals surface area contributed by atoms with E-state index >= 15 is 0 Å². The summed E-state index contributed by atoms with van der Waals surface area (Å²) >= 11 is 0. The Balaban J connectivity index is 1.50. The zero-order chi connectivity index (χ0) is 31.1. The van der Waals surface area contributed by atoms with E-state index in [4.69, 9.17) is 5.73 Å². The van der Waals surface area contributed by atoms with Gasteiger partial charge in [-0.05, 0) is 47.2 Å². The molecule has 4 N–H and O–H groups in total. The molecule has 8 nitrogen and oxygen atoms in total. The van der Waals surface area contributed by atoms with Gasteiger partial charge in [0.2, 0.25) is 10.0 Å². The first-order valence-electron chi connectivity index (χ1n) is 15.0. The van der Waals surface area contributed by atoms with Crippen LogP contribution < -0.4 is 5.73 Å². The molecule has 2 atom stereocenters. The monoisotopic (exact) mass is 611 g/mol. The second-order valence-corrected chi connectivity index (χ2v) is 13.7. The molecule has 4 aromatic carbocycles. The van der Waals surface area contributed by atoms with E-state index in [-0.39, 0.29) is 35.9 Å². The van der Waals surface area contributed by atoms with E-state index in [1.807, 2.05) is 68.4 Å². The second-order valence-electron chi connectivity index (χ2n) is 11.7. The Morgan fingerprint density at radius 2 is 1.34 bits per heavy atom.